The molecule has 0 aliphatic heterocycles. The van der Waals surface area contributed by atoms with E-state index in [9.17, 15) is 0 Å². The van der Waals surface area contributed by atoms with Crippen LogP contribution in [0.5, 0.6) is 0 Å². The molecule has 1 rings (SSSR count). The Morgan fingerprint density at radius 2 is 2.15 bits per heavy atom. The second-order valence-corrected chi connectivity index (χ2v) is 3.59. The molecule has 1 aromatic heterocycles. The molecule has 1 aromatic rings. The molecule has 0 aliphatic rings. The maximum absolute atomic E-state index is 4.16. The second-order valence-electron chi connectivity index (χ2n) is 3.59. The van der Waals surface area contributed by atoms with Crippen molar-refractivity contribution in [1.82, 2.24) is 4.98 Å². The molecule has 0 amide bonds. The highest BCUT2D eigenvalue weighted by Gasteiger charge is 2.06. The molecule has 0 saturated carbocycles. The summed E-state index contributed by atoms with van der Waals surface area (Å²) >= 11 is 0. The second kappa shape index (κ2) is 4.22. The van der Waals surface area contributed by atoms with Crippen LogP contribution >= 0.6 is 0 Å². The van der Waals surface area contributed by atoms with Crippen LogP contribution in [0.2, 0.25) is 0 Å². The Kier molecular flexibility index (Phi) is 3.24. The van der Waals surface area contributed by atoms with Crippen molar-refractivity contribution in [3.8, 4) is 0 Å². The number of hydrogen-bond acceptors (Lipinski definition) is 1. The maximum Gasteiger partial charge on any atom is 0.0308 e. The van der Waals surface area contributed by atoms with Gasteiger partial charge in [-0.3, -0.25) is 4.98 Å². The molecule has 0 spiro atoms. The van der Waals surface area contributed by atoms with Crippen molar-refractivity contribution in [3.05, 3.63) is 35.7 Å². The first kappa shape index (κ1) is 9.97. The van der Waals surface area contributed by atoms with Crippen LogP contribution in [0.4, 0.5) is 0 Å². The molecule has 1 heterocycles. The Morgan fingerprint density at radius 1 is 1.46 bits per heavy atom. The summed E-state index contributed by atoms with van der Waals surface area (Å²) in [6, 6.07) is 2.09. The molecule has 0 bridgehead atoms. The normalized spacial score (nSPS) is 12.2. The van der Waals surface area contributed by atoms with E-state index in [-0.39, 0.29) is 0 Å². The molecule has 13 heavy (non-hydrogen) atoms. The summed E-state index contributed by atoms with van der Waals surface area (Å²) in [7, 11) is 0. The molecule has 0 N–H and O–H groups in total. The Morgan fingerprint density at radius 3 is 2.69 bits per heavy atom. The number of nitrogens with zero attached hydrogens (tertiary/aromatic N) is 1. The third kappa shape index (κ3) is 2.18. The van der Waals surface area contributed by atoms with Gasteiger partial charge in [0.15, 0.2) is 0 Å². The van der Waals surface area contributed by atoms with E-state index >= 15 is 0 Å². The number of aromatic nitrogens is 1. The zero-order chi connectivity index (χ0) is 9.84. The standard InChI is InChI=1S/C12H17N/c1-5-10(4)11-6-7-13-8-12(11)9(2)3/h5-9H,1-4H3/b10-5-. The van der Waals surface area contributed by atoms with Gasteiger partial charge in [-0.1, -0.05) is 19.9 Å². The summed E-state index contributed by atoms with van der Waals surface area (Å²) in [6.07, 6.45) is 5.96. The first-order valence-electron chi connectivity index (χ1n) is 4.74. The molecule has 0 atom stereocenters. The topological polar surface area (TPSA) is 12.9 Å². The van der Waals surface area contributed by atoms with Crippen molar-refractivity contribution in [2.45, 2.75) is 33.6 Å². The Bertz CT molecular complexity index is 311. The van der Waals surface area contributed by atoms with Gasteiger partial charge >= 0.3 is 0 Å². The predicted molar refractivity (Wildman–Crippen MR) is 57.7 cm³/mol. The van der Waals surface area contributed by atoms with Gasteiger partial charge in [0, 0.05) is 12.4 Å². The van der Waals surface area contributed by atoms with E-state index in [4.69, 9.17) is 0 Å². The van der Waals surface area contributed by atoms with E-state index in [0.717, 1.165) is 0 Å². The lowest BCUT2D eigenvalue weighted by molar-refractivity contribution is 0.853. The first-order chi connectivity index (χ1) is 6.16. The summed E-state index contributed by atoms with van der Waals surface area (Å²) in [5, 5.41) is 0. The van der Waals surface area contributed by atoms with Crippen LogP contribution in [-0.2, 0) is 0 Å². The third-order valence-corrected chi connectivity index (χ3v) is 2.33. The van der Waals surface area contributed by atoms with Gasteiger partial charge < -0.3 is 0 Å². The van der Waals surface area contributed by atoms with Crippen LogP contribution < -0.4 is 0 Å². The maximum atomic E-state index is 4.16. The quantitative estimate of drug-likeness (QED) is 0.669. The smallest absolute Gasteiger partial charge is 0.0308 e. The summed E-state index contributed by atoms with van der Waals surface area (Å²) in [5.74, 6) is 0.540. The summed E-state index contributed by atoms with van der Waals surface area (Å²) in [6.45, 7) is 8.61. The monoisotopic (exact) mass is 175 g/mol. The molecule has 0 aromatic carbocycles. The van der Waals surface area contributed by atoms with Crippen LogP contribution in [0, 0.1) is 0 Å². The van der Waals surface area contributed by atoms with Crippen molar-refractivity contribution in [1.29, 1.82) is 0 Å². The van der Waals surface area contributed by atoms with Gasteiger partial charge in [0.1, 0.15) is 0 Å². The fraction of sp³-hybridized carbons (Fsp3) is 0.417. The highest BCUT2D eigenvalue weighted by Crippen LogP contribution is 2.23. The Balaban J connectivity index is 3.20. The predicted octanol–water partition coefficient (Wildman–Crippen LogP) is 3.63. The van der Waals surface area contributed by atoms with Crippen molar-refractivity contribution in [2.24, 2.45) is 0 Å². The van der Waals surface area contributed by atoms with E-state index < -0.39 is 0 Å². The van der Waals surface area contributed by atoms with E-state index in [0.29, 0.717) is 5.92 Å². The number of allylic oxidation sites excluding steroid dienone is 2. The number of hydrogen-bond donors (Lipinski definition) is 0. The van der Waals surface area contributed by atoms with Crippen LogP contribution in [0.15, 0.2) is 24.5 Å². The molecular formula is C12H17N. The lowest BCUT2D eigenvalue weighted by Gasteiger charge is -2.11. The third-order valence-electron chi connectivity index (χ3n) is 2.33. The molecule has 0 radical (unpaired) electrons. The van der Waals surface area contributed by atoms with Crippen LogP contribution in [0.3, 0.4) is 0 Å². The highest BCUT2D eigenvalue weighted by atomic mass is 14.6. The van der Waals surface area contributed by atoms with Gasteiger partial charge in [-0.05, 0) is 42.5 Å². The van der Waals surface area contributed by atoms with Crippen molar-refractivity contribution < 1.29 is 0 Å². The van der Waals surface area contributed by atoms with Gasteiger partial charge in [-0.25, -0.2) is 0 Å². The van der Waals surface area contributed by atoms with Gasteiger partial charge in [0.25, 0.3) is 0 Å². The van der Waals surface area contributed by atoms with Crippen LogP contribution in [0.25, 0.3) is 5.57 Å². The summed E-state index contributed by atoms with van der Waals surface area (Å²) in [5.41, 5.74) is 3.98. The van der Waals surface area contributed by atoms with E-state index in [1.807, 2.05) is 12.4 Å². The molecule has 0 fully saturated rings. The molecule has 0 aliphatic carbocycles. The van der Waals surface area contributed by atoms with Gasteiger partial charge in [0.2, 0.25) is 0 Å². The first-order valence-corrected chi connectivity index (χ1v) is 4.74. The average molecular weight is 175 g/mol. The fourth-order valence-corrected chi connectivity index (χ4v) is 1.38. The lowest BCUT2D eigenvalue weighted by atomic mass is 9.95. The van der Waals surface area contributed by atoms with E-state index in [1.165, 1.54) is 16.7 Å². The Labute approximate surface area is 80.5 Å². The molecule has 70 valence electrons. The Hall–Kier alpha value is -1.11. The lowest BCUT2D eigenvalue weighted by Crippen LogP contribution is -1.95. The zero-order valence-electron chi connectivity index (χ0n) is 8.83. The van der Waals surface area contributed by atoms with Gasteiger partial charge in [0.05, 0.1) is 0 Å². The van der Waals surface area contributed by atoms with Gasteiger partial charge in [-0.2, -0.15) is 0 Å². The minimum atomic E-state index is 0.540. The minimum absolute atomic E-state index is 0.540. The fourth-order valence-electron chi connectivity index (χ4n) is 1.38. The average Bonchev–Trinajstić information content (AvgIpc) is 2.16. The highest BCUT2D eigenvalue weighted by molar-refractivity contribution is 5.66. The van der Waals surface area contributed by atoms with Crippen molar-refractivity contribution in [2.75, 3.05) is 0 Å². The van der Waals surface area contributed by atoms with Gasteiger partial charge in [-0.15, -0.1) is 0 Å². The van der Waals surface area contributed by atoms with Crippen molar-refractivity contribution >= 4 is 5.57 Å². The molecule has 0 saturated heterocycles. The largest absolute Gasteiger partial charge is 0.264 e. The van der Waals surface area contributed by atoms with Crippen molar-refractivity contribution in [3.63, 3.8) is 0 Å². The summed E-state index contributed by atoms with van der Waals surface area (Å²) < 4.78 is 0. The molecule has 1 nitrogen and oxygen atoms in total. The van der Waals surface area contributed by atoms with E-state index in [1.54, 1.807) is 0 Å². The number of pyridine rings is 1. The minimum Gasteiger partial charge on any atom is -0.264 e. The zero-order valence-corrected chi connectivity index (χ0v) is 8.83. The molecule has 0 unspecified atom stereocenters. The van der Waals surface area contributed by atoms with Crippen LogP contribution in [0.1, 0.15) is 44.7 Å². The SMILES string of the molecule is C/C=C(/C)c1ccncc1C(C)C. The molecule has 1 heteroatoms. The number of rotatable bonds is 2. The van der Waals surface area contributed by atoms with Crippen LogP contribution in [-0.4, -0.2) is 4.98 Å². The summed E-state index contributed by atoms with van der Waals surface area (Å²) in [4.78, 5) is 4.16. The van der Waals surface area contributed by atoms with E-state index in [2.05, 4.69) is 44.8 Å². The molecular weight excluding hydrogens is 158 g/mol.